The van der Waals surface area contributed by atoms with Crippen molar-refractivity contribution in [1.82, 2.24) is 0 Å². The number of rotatable bonds is 1. The van der Waals surface area contributed by atoms with Crippen LogP contribution in [-0.2, 0) is 5.41 Å². The van der Waals surface area contributed by atoms with Crippen molar-refractivity contribution in [2.45, 2.75) is 29.1 Å². The quantitative estimate of drug-likeness (QED) is 0.196. The van der Waals surface area contributed by atoms with Crippen LogP contribution < -0.4 is 4.90 Å². The van der Waals surface area contributed by atoms with Crippen LogP contribution in [0.4, 0.5) is 17.1 Å². The lowest BCUT2D eigenvalue weighted by atomic mass is 9.57. The number of fused-ring (bicyclic) bond motifs is 10. The summed E-state index contributed by atoms with van der Waals surface area (Å²) in [6, 6.07) is 45.5. The predicted molar refractivity (Wildman–Crippen MR) is 175 cm³/mol. The maximum atomic E-state index is 14.0. The summed E-state index contributed by atoms with van der Waals surface area (Å²) in [4.78, 5) is 19.0. The van der Waals surface area contributed by atoms with Crippen LogP contribution in [0.15, 0.2) is 137 Å². The number of aryl methyl sites for hydroxylation is 2. The number of carbonyl (C=O) groups is 1. The molecule has 6 aromatic carbocycles. The van der Waals surface area contributed by atoms with Crippen LogP contribution >= 0.6 is 11.8 Å². The van der Waals surface area contributed by atoms with Crippen LogP contribution in [0.3, 0.4) is 0 Å². The maximum Gasteiger partial charge on any atom is 0.193 e. The van der Waals surface area contributed by atoms with Crippen molar-refractivity contribution in [2.24, 2.45) is 0 Å². The highest BCUT2D eigenvalue weighted by molar-refractivity contribution is 7.99. The zero-order valence-corrected chi connectivity index (χ0v) is 24.7. The van der Waals surface area contributed by atoms with E-state index >= 15 is 0 Å². The van der Waals surface area contributed by atoms with Crippen LogP contribution in [-0.4, -0.2) is 5.78 Å². The molecule has 0 saturated heterocycles. The molecule has 204 valence electrons. The molecular weight excluding hydrogens is 543 g/mol. The minimum Gasteiger partial charge on any atom is -0.308 e. The van der Waals surface area contributed by atoms with Gasteiger partial charge in [-0.3, -0.25) is 4.79 Å². The molecule has 0 saturated carbocycles. The van der Waals surface area contributed by atoms with E-state index in [0.29, 0.717) is 0 Å². The fourth-order valence-electron chi connectivity index (χ4n) is 7.85. The summed E-state index contributed by atoms with van der Waals surface area (Å²) in [5.74, 6) is 0.0949. The van der Waals surface area contributed by atoms with E-state index in [1.165, 1.54) is 54.5 Å². The molecule has 9 rings (SSSR count). The molecule has 1 aliphatic carbocycles. The normalized spacial score (nSPS) is 14.8. The van der Waals surface area contributed by atoms with Gasteiger partial charge in [0.05, 0.1) is 22.5 Å². The van der Waals surface area contributed by atoms with Gasteiger partial charge < -0.3 is 4.90 Å². The maximum absolute atomic E-state index is 14.0. The van der Waals surface area contributed by atoms with Crippen molar-refractivity contribution >= 4 is 34.6 Å². The first-order chi connectivity index (χ1) is 21.1. The molecule has 0 amide bonds. The van der Waals surface area contributed by atoms with E-state index in [2.05, 4.69) is 122 Å². The summed E-state index contributed by atoms with van der Waals surface area (Å²) in [7, 11) is 0. The first-order valence-corrected chi connectivity index (χ1v) is 15.6. The summed E-state index contributed by atoms with van der Waals surface area (Å²) >= 11 is 1.83. The molecule has 1 spiro atoms. The molecule has 2 nitrogen and oxygen atoms in total. The lowest BCUT2D eigenvalue weighted by molar-refractivity contribution is 0.103. The summed E-state index contributed by atoms with van der Waals surface area (Å²) in [5.41, 5.74) is 14.0. The number of hydrogen-bond donors (Lipinski definition) is 0. The van der Waals surface area contributed by atoms with Gasteiger partial charge in [-0.1, -0.05) is 115 Å². The Hall–Kier alpha value is -4.86. The minimum atomic E-state index is -0.648. The van der Waals surface area contributed by atoms with Gasteiger partial charge in [0.25, 0.3) is 0 Å². The largest absolute Gasteiger partial charge is 0.308 e. The Balaban J connectivity index is 1.48. The van der Waals surface area contributed by atoms with Gasteiger partial charge in [-0.15, -0.1) is 0 Å². The Kier molecular flexibility index (Phi) is 5.07. The van der Waals surface area contributed by atoms with E-state index in [1.807, 2.05) is 36.0 Å². The number of carbonyl (C=O) groups excluding carboxylic acids is 1. The fraction of sp³-hybridized carbons (Fsp3) is 0.0750. The molecule has 0 atom stereocenters. The highest BCUT2D eigenvalue weighted by atomic mass is 32.2. The first kappa shape index (κ1) is 24.7. The van der Waals surface area contributed by atoms with Crippen LogP contribution in [0.25, 0.3) is 11.1 Å². The summed E-state index contributed by atoms with van der Waals surface area (Å²) in [6.07, 6.45) is 0. The molecule has 0 fully saturated rings. The van der Waals surface area contributed by atoms with Crippen LogP contribution in [0, 0.1) is 13.8 Å². The highest BCUT2D eigenvalue weighted by Gasteiger charge is 2.53. The third-order valence-corrected chi connectivity index (χ3v) is 10.6. The van der Waals surface area contributed by atoms with Crippen LogP contribution in [0.1, 0.15) is 49.3 Å². The highest BCUT2D eigenvalue weighted by Crippen LogP contribution is 2.65. The van der Waals surface area contributed by atoms with E-state index in [0.717, 1.165) is 27.9 Å². The second-order valence-electron chi connectivity index (χ2n) is 11.7. The van der Waals surface area contributed by atoms with E-state index < -0.39 is 5.41 Å². The van der Waals surface area contributed by atoms with Crippen LogP contribution in [0.2, 0.25) is 0 Å². The van der Waals surface area contributed by atoms with Gasteiger partial charge in [-0.25, -0.2) is 0 Å². The molecule has 0 radical (unpaired) electrons. The molecule has 0 unspecified atom stereocenters. The average Bonchev–Trinajstić information content (AvgIpc) is 3.04. The number of anilines is 3. The number of benzene rings is 6. The molecule has 6 aromatic rings. The van der Waals surface area contributed by atoms with Gasteiger partial charge in [0.2, 0.25) is 0 Å². The Labute approximate surface area is 255 Å². The number of para-hydroxylation sites is 2. The Morgan fingerprint density at radius 2 is 1.16 bits per heavy atom. The molecule has 0 bridgehead atoms. The zero-order chi connectivity index (χ0) is 28.9. The second kappa shape index (κ2) is 8.82. The van der Waals surface area contributed by atoms with Gasteiger partial charge >= 0.3 is 0 Å². The standard InChI is InChI=1S/C40H27NOS/c1-24-11-9-12-25(2)37(24)26-21-22-31-34(23-26)41-33-18-7-8-19-35(33)43-36-20-10-17-32(38(36)41)40(31)29-15-5-3-13-27(29)39(42)28-14-4-6-16-30(28)40/h3-23H,1-2H3. The second-order valence-corrected chi connectivity index (χ2v) is 12.8. The first-order valence-electron chi connectivity index (χ1n) is 14.7. The van der Waals surface area contributed by atoms with Crippen molar-refractivity contribution in [3.8, 4) is 11.1 Å². The third kappa shape index (κ3) is 3.13. The van der Waals surface area contributed by atoms with Gasteiger partial charge in [-0.05, 0) is 82.6 Å². The zero-order valence-electron chi connectivity index (χ0n) is 23.9. The molecule has 0 aromatic heterocycles. The lowest BCUT2D eigenvalue weighted by Crippen LogP contribution is -2.43. The van der Waals surface area contributed by atoms with Crippen molar-refractivity contribution in [1.29, 1.82) is 0 Å². The van der Waals surface area contributed by atoms with E-state index in [9.17, 15) is 4.79 Å². The summed E-state index contributed by atoms with van der Waals surface area (Å²) in [6.45, 7) is 4.39. The van der Waals surface area contributed by atoms with Crippen molar-refractivity contribution in [3.63, 3.8) is 0 Å². The van der Waals surface area contributed by atoms with Crippen molar-refractivity contribution in [3.05, 3.63) is 172 Å². The van der Waals surface area contributed by atoms with Gasteiger partial charge in [0.1, 0.15) is 0 Å². The number of nitrogens with zero attached hydrogens (tertiary/aromatic N) is 1. The topological polar surface area (TPSA) is 20.3 Å². The monoisotopic (exact) mass is 569 g/mol. The molecule has 3 aliphatic rings. The average molecular weight is 570 g/mol. The Morgan fingerprint density at radius 3 is 1.91 bits per heavy atom. The molecular formula is C40H27NOS. The lowest BCUT2D eigenvalue weighted by Gasteiger charge is -2.50. The molecule has 3 heteroatoms. The molecule has 0 N–H and O–H groups in total. The number of hydrogen-bond acceptors (Lipinski definition) is 3. The summed E-state index contributed by atoms with van der Waals surface area (Å²) < 4.78 is 0. The minimum absolute atomic E-state index is 0.0949. The van der Waals surface area contributed by atoms with Crippen molar-refractivity contribution in [2.75, 3.05) is 4.90 Å². The molecule has 2 heterocycles. The van der Waals surface area contributed by atoms with Gasteiger partial charge in [0.15, 0.2) is 5.78 Å². The predicted octanol–water partition coefficient (Wildman–Crippen LogP) is 10.1. The number of ketones is 1. The van der Waals surface area contributed by atoms with Gasteiger partial charge in [-0.2, -0.15) is 0 Å². The van der Waals surface area contributed by atoms with Crippen LogP contribution in [0.5, 0.6) is 0 Å². The van der Waals surface area contributed by atoms with Crippen molar-refractivity contribution < 1.29 is 4.79 Å². The smallest absolute Gasteiger partial charge is 0.193 e. The summed E-state index contributed by atoms with van der Waals surface area (Å²) in [5, 5.41) is 0. The molecule has 2 aliphatic heterocycles. The van der Waals surface area contributed by atoms with E-state index in [-0.39, 0.29) is 5.78 Å². The third-order valence-electron chi connectivity index (χ3n) is 9.52. The molecule has 43 heavy (non-hydrogen) atoms. The van der Waals surface area contributed by atoms with Gasteiger partial charge in [0, 0.05) is 20.9 Å². The Morgan fingerprint density at radius 1 is 0.558 bits per heavy atom. The van der Waals surface area contributed by atoms with E-state index in [1.54, 1.807) is 0 Å². The SMILES string of the molecule is Cc1cccc(C)c1-c1ccc2c(c1)N1c3ccccc3Sc3cccc(c31)C21c2ccccc2C(=O)c2ccccc21. The van der Waals surface area contributed by atoms with E-state index in [4.69, 9.17) is 0 Å². The fourth-order valence-corrected chi connectivity index (χ4v) is 8.94. The Bertz CT molecular complexity index is 2110.